The van der Waals surface area contributed by atoms with E-state index in [1.54, 1.807) is 0 Å². The largest absolute Gasteiger partial charge is 0.617 e. The number of nitrogens with zero attached hydrogens (tertiary/aromatic N) is 1. The zero-order valence-electron chi connectivity index (χ0n) is 9.94. The maximum atomic E-state index is 12.5. The van der Waals surface area contributed by atoms with E-state index in [0.717, 1.165) is 6.20 Å². The number of ether oxygens (including phenoxy) is 1. The first-order valence-electron chi connectivity index (χ1n) is 5.69. The molecule has 4 atom stereocenters. The highest BCUT2D eigenvalue weighted by Gasteiger charge is 2.48. The molecule has 0 aromatic heterocycles. The maximum absolute atomic E-state index is 12.5. The van der Waals surface area contributed by atoms with E-state index in [0.29, 0.717) is 0 Å². The minimum absolute atomic E-state index is 0.0276. The molecule has 0 aromatic carbocycles. The second kappa shape index (κ2) is 4.96. The number of rotatable bonds is 3. The normalized spacial score (nSPS) is 39.2. The number of nitrogens with one attached hydrogen (secondary N) is 2. The Morgan fingerprint density at radius 3 is 2.79 bits per heavy atom. The summed E-state index contributed by atoms with van der Waals surface area (Å²) in [5.41, 5.74) is -0.0276. The van der Waals surface area contributed by atoms with Gasteiger partial charge in [-0.3, -0.25) is 10.7 Å². The molecule has 1 saturated heterocycles. The number of carbonyl (C=O) groups excluding carboxylic acids is 1. The fraction of sp³-hybridized carbons (Fsp3) is 0.600. The maximum Gasteiger partial charge on any atom is 0.428 e. The lowest BCUT2D eigenvalue weighted by atomic mass is 10.1. The second-order valence-electron chi connectivity index (χ2n) is 4.44. The Balaban J connectivity index is 2.29. The van der Waals surface area contributed by atoms with Gasteiger partial charge in [0.15, 0.2) is 0 Å². The highest BCUT2D eigenvalue weighted by atomic mass is 16.6. The van der Waals surface area contributed by atoms with E-state index in [4.69, 9.17) is 20.4 Å². The summed E-state index contributed by atoms with van der Waals surface area (Å²) in [6.07, 6.45) is -2.42. The highest BCUT2D eigenvalue weighted by Crippen LogP contribution is 2.31. The van der Waals surface area contributed by atoms with Gasteiger partial charge in [0.05, 0.1) is 31.3 Å². The monoisotopic (exact) mass is 273 g/mol. The number of quaternary nitrogens is 1. The molecule has 19 heavy (non-hydrogen) atoms. The van der Waals surface area contributed by atoms with Gasteiger partial charge in [-0.1, -0.05) is 0 Å². The second-order valence-corrected chi connectivity index (χ2v) is 4.44. The van der Waals surface area contributed by atoms with Gasteiger partial charge < -0.3 is 25.3 Å². The first-order valence-corrected chi connectivity index (χ1v) is 5.69. The van der Waals surface area contributed by atoms with E-state index >= 15 is 0 Å². The van der Waals surface area contributed by atoms with Crippen molar-refractivity contribution in [3.05, 3.63) is 17.0 Å². The van der Waals surface area contributed by atoms with Gasteiger partial charge in [-0.05, 0) is 0 Å². The lowest BCUT2D eigenvalue weighted by Crippen LogP contribution is -2.60. The molecule has 5 N–H and O–H groups in total. The van der Waals surface area contributed by atoms with Crippen molar-refractivity contribution in [1.29, 1.82) is 5.41 Å². The summed E-state index contributed by atoms with van der Waals surface area (Å²) < 4.78 is 3.59. The lowest BCUT2D eigenvalue weighted by Gasteiger charge is -2.42. The molecule has 2 heterocycles. The summed E-state index contributed by atoms with van der Waals surface area (Å²) in [6.45, 7) is -1.04. The van der Waals surface area contributed by atoms with Gasteiger partial charge in [0.2, 0.25) is 6.23 Å². The Morgan fingerprint density at radius 1 is 1.58 bits per heavy atom. The summed E-state index contributed by atoms with van der Waals surface area (Å²) in [5, 5.41) is 49.5. The van der Waals surface area contributed by atoms with Crippen LogP contribution in [0.3, 0.4) is 0 Å². The fourth-order valence-electron chi connectivity index (χ4n) is 2.08. The SMILES string of the molecule is N=C1NC(=O)[N+]([O-])([C@H]2C[C@H](O)[C@@H](CO)O2)C=C1CO. The zero-order chi connectivity index (χ0) is 14.2. The van der Waals surface area contributed by atoms with E-state index in [2.05, 4.69) is 0 Å². The summed E-state index contributed by atoms with van der Waals surface area (Å²) in [6, 6.07) is -1.03. The van der Waals surface area contributed by atoms with Crippen LogP contribution in [0.1, 0.15) is 6.42 Å². The van der Waals surface area contributed by atoms with Gasteiger partial charge in [0, 0.05) is 0 Å². The molecule has 1 unspecified atom stereocenters. The van der Waals surface area contributed by atoms with Gasteiger partial charge in [-0.15, -0.1) is 0 Å². The molecule has 2 amide bonds. The van der Waals surface area contributed by atoms with Crippen LogP contribution in [0.2, 0.25) is 0 Å². The van der Waals surface area contributed by atoms with Crippen molar-refractivity contribution in [2.75, 3.05) is 13.2 Å². The number of carbonyl (C=O) groups is 1. The topological polar surface area (TPSA) is 146 Å². The van der Waals surface area contributed by atoms with Crippen molar-refractivity contribution in [2.45, 2.75) is 24.9 Å². The molecule has 0 saturated carbocycles. The molecular weight excluding hydrogens is 258 g/mol. The number of aliphatic hydroxyl groups is 3. The molecule has 0 spiro atoms. The van der Waals surface area contributed by atoms with Crippen LogP contribution in [0.25, 0.3) is 0 Å². The first kappa shape index (κ1) is 14.1. The Labute approximate surface area is 108 Å². The highest BCUT2D eigenvalue weighted by molar-refractivity contribution is 6.06. The number of amidine groups is 1. The molecule has 2 aliphatic heterocycles. The molecule has 0 radical (unpaired) electrons. The van der Waals surface area contributed by atoms with Crippen LogP contribution < -0.4 is 5.32 Å². The van der Waals surface area contributed by atoms with Gasteiger partial charge in [-0.25, -0.2) is 9.44 Å². The smallest absolute Gasteiger partial charge is 0.428 e. The Hall–Kier alpha value is -1.36. The number of amides is 2. The third-order valence-electron chi connectivity index (χ3n) is 3.20. The van der Waals surface area contributed by atoms with E-state index in [9.17, 15) is 15.1 Å². The minimum atomic E-state index is -1.58. The molecule has 106 valence electrons. The van der Waals surface area contributed by atoms with Crippen LogP contribution in [0.5, 0.6) is 0 Å². The first-order chi connectivity index (χ1) is 8.92. The average Bonchev–Trinajstić information content (AvgIpc) is 2.76. The Bertz CT molecular complexity index is 439. The number of hydrogen-bond donors (Lipinski definition) is 5. The summed E-state index contributed by atoms with van der Waals surface area (Å²) >= 11 is 0. The molecular formula is C10H15N3O6. The third kappa shape index (κ3) is 2.27. The van der Waals surface area contributed by atoms with E-state index < -0.39 is 42.3 Å². The molecule has 0 bridgehead atoms. The average molecular weight is 273 g/mol. The molecule has 1 fully saturated rings. The number of hydrogen-bond acceptors (Lipinski definition) is 7. The van der Waals surface area contributed by atoms with Crippen molar-refractivity contribution in [1.82, 2.24) is 5.32 Å². The molecule has 0 aliphatic carbocycles. The van der Waals surface area contributed by atoms with Crippen LogP contribution in [0.15, 0.2) is 11.8 Å². The van der Waals surface area contributed by atoms with Crippen molar-refractivity contribution in [3.8, 4) is 0 Å². The zero-order valence-corrected chi connectivity index (χ0v) is 9.94. The molecule has 2 aliphatic rings. The third-order valence-corrected chi connectivity index (χ3v) is 3.20. The van der Waals surface area contributed by atoms with Crippen LogP contribution in [-0.2, 0) is 4.74 Å². The van der Waals surface area contributed by atoms with Crippen LogP contribution in [-0.4, -0.2) is 63.5 Å². The minimum Gasteiger partial charge on any atom is -0.617 e. The van der Waals surface area contributed by atoms with Crippen molar-refractivity contribution in [2.24, 2.45) is 0 Å². The molecule has 9 heteroatoms. The van der Waals surface area contributed by atoms with Crippen molar-refractivity contribution >= 4 is 11.9 Å². The van der Waals surface area contributed by atoms with Gasteiger partial charge >= 0.3 is 6.03 Å². The number of aliphatic hydroxyl groups excluding tert-OH is 3. The standard InChI is InChI=1S/C10H15N3O6/c11-9-5(3-14)2-13(18,10(17)12-9)8-1-6(16)7(4-15)19-8/h2,6-8,14-16H,1,3-4H2,(H2,11,12,17)/t6-,7+,8+,13?/m0/s1. The predicted molar refractivity (Wildman–Crippen MR) is 61.4 cm³/mol. The van der Waals surface area contributed by atoms with E-state index in [1.807, 2.05) is 5.32 Å². The van der Waals surface area contributed by atoms with Crippen molar-refractivity contribution < 1.29 is 29.5 Å². The van der Waals surface area contributed by atoms with Gasteiger partial charge in [-0.2, -0.15) is 0 Å². The molecule has 9 nitrogen and oxygen atoms in total. The molecule has 2 rings (SSSR count). The molecule has 0 aromatic rings. The van der Waals surface area contributed by atoms with Gasteiger partial charge in [0.1, 0.15) is 18.1 Å². The predicted octanol–water partition coefficient (Wildman–Crippen LogP) is -1.65. The lowest BCUT2D eigenvalue weighted by molar-refractivity contribution is -0.803. The van der Waals surface area contributed by atoms with E-state index in [1.165, 1.54) is 0 Å². The number of urea groups is 1. The Morgan fingerprint density at radius 2 is 2.26 bits per heavy atom. The van der Waals surface area contributed by atoms with E-state index in [-0.39, 0.29) is 17.8 Å². The van der Waals surface area contributed by atoms with Crippen LogP contribution >= 0.6 is 0 Å². The van der Waals surface area contributed by atoms with Crippen LogP contribution in [0, 0.1) is 10.6 Å². The number of hydroxylamine groups is 3. The summed E-state index contributed by atoms with van der Waals surface area (Å²) in [5.74, 6) is -0.339. The fourth-order valence-corrected chi connectivity index (χ4v) is 2.08. The summed E-state index contributed by atoms with van der Waals surface area (Å²) in [4.78, 5) is 11.7. The summed E-state index contributed by atoms with van der Waals surface area (Å²) in [7, 11) is 0. The van der Waals surface area contributed by atoms with Crippen LogP contribution in [0.4, 0.5) is 4.79 Å². The van der Waals surface area contributed by atoms with Crippen molar-refractivity contribution in [3.63, 3.8) is 0 Å². The van der Waals surface area contributed by atoms with Gasteiger partial charge in [0.25, 0.3) is 0 Å². The Kier molecular flexibility index (Phi) is 3.67. The quantitative estimate of drug-likeness (QED) is 0.307.